The third-order valence-corrected chi connectivity index (χ3v) is 2.35. The molecule has 3 N–H and O–H groups in total. The van der Waals surface area contributed by atoms with Crippen molar-refractivity contribution in [3.05, 3.63) is 22.7 Å². The van der Waals surface area contributed by atoms with Crippen LogP contribution >= 0.6 is 11.6 Å². The van der Waals surface area contributed by atoms with Gasteiger partial charge >= 0.3 is 0 Å². The Hall–Kier alpha value is -0.930. The van der Waals surface area contributed by atoms with Gasteiger partial charge in [0.05, 0.1) is 7.11 Å². The van der Waals surface area contributed by atoms with Crippen LogP contribution < -0.4 is 10.5 Å². The molecule has 0 spiro atoms. The Morgan fingerprint density at radius 1 is 1.50 bits per heavy atom. The molecule has 0 saturated heterocycles. The Labute approximate surface area is 88.4 Å². The average Bonchev–Trinajstić information content (AvgIpc) is 2.17. The number of aryl methyl sites for hydroxylation is 1. The summed E-state index contributed by atoms with van der Waals surface area (Å²) < 4.78 is 4.98. The van der Waals surface area contributed by atoms with Crippen molar-refractivity contribution in [2.24, 2.45) is 5.73 Å². The molecule has 0 saturated carbocycles. The van der Waals surface area contributed by atoms with E-state index in [9.17, 15) is 5.11 Å². The van der Waals surface area contributed by atoms with Gasteiger partial charge in [0.1, 0.15) is 0 Å². The minimum Gasteiger partial charge on any atom is -0.504 e. The predicted octanol–water partition coefficient (Wildman–Crippen LogP) is 1.95. The fourth-order valence-electron chi connectivity index (χ4n) is 1.23. The summed E-state index contributed by atoms with van der Waals surface area (Å²) in [5.41, 5.74) is 6.35. The molecule has 0 aliphatic heterocycles. The SMILES string of the molecule is COc1cc(CCCN)c(Cl)cc1O. The highest BCUT2D eigenvalue weighted by Crippen LogP contribution is 2.32. The molecule has 0 aliphatic rings. The van der Waals surface area contributed by atoms with Crippen molar-refractivity contribution in [3.8, 4) is 11.5 Å². The third kappa shape index (κ3) is 2.53. The van der Waals surface area contributed by atoms with Crippen molar-refractivity contribution in [2.45, 2.75) is 12.8 Å². The summed E-state index contributed by atoms with van der Waals surface area (Å²) in [6.07, 6.45) is 1.67. The van der Waals surface area contributed by atoms with Gasteiger partial charge < -0.3 is 15.6 Å². The monoisotopic (exact) mass is 215 g/mol. The van der Waals surface area contributed by atoms with Crippen LogP contribution in [0.1, 0.15) is 12.0 Å². The van der Waals surface area contributed by atoms with E-state index in [1.807, 2.05) is 0 Å². The molecule has 0 heterocycles. The first kappa shape index (κ1) is 11.1. The van der Waals surface area contributed by atoms with Crippen molar-refractivity contribution in [2.75, 3.05) is 13.7 Å². The summed E-state index contributed by atoms with van der Waals surface area (Å²) in [5, 5.41) is 9.96. The van der Waals surface area contributed by atoms with Crippen LogP contribution in [-0.2, 0) is 6.42 Å². The van der Waals surface area contributed by atoms with Crippen LogP contribution in [0.15, 0.2) is 12.1 Å². The second kappa shape index (κ2) is 5.08. The van der Waals surface area contributed by atoms with Crippen LogP contribution in [0, 0.1) is 0 Å². The normalized spacial score (nSPS) is 10.2. The van der Waals surface area contributed by atoms with Gasteiger partial charge in [0.2, 0.25) is 0 Å². The van der Waals surface area contributed by atoms with Crippen molar-refractivity contribution in [1.29, 1.82) is 0 Å². The molecule has 1 aromatic carbocycles. The number of nitrogens with two attached hydrogens (primary N) is 1. The minimum atomic E-state index is 0.0639. The topological polar surface area (TPSA) is 55.5 Å². The quantitative estimate of drug-likeness (QED) is 0.807. The molecule has 4 heteroatoms. The van der Waals surface area contributed by atoms with Gasteiger partial charge in [-0.3, -0.25) is 0 Å². The Morgan fingerprint density at radius 2 is 2.21 bits per heavy atom. The number of halogens is 1. The molecule has 0 unspecified atom stereocenters. The molecule has 1 aromatic rings. The van der Waals surface area contributed by atoms with Crippen LogP contribution in [0.4, 0.5) is 0 Å². The Kier molecular flexibility index (Phi) is 4.04. The van der Waals surface area contributed by atoms with Gasteiger partial charge in [0.15, 0.2) is 11.5 Å². The van der Waals surface area contributed by atoms with Crippen molar-refractivity contribution in [3.63, 3.8) is 0 Å². The molecule has 0 fully saturated rings. The highest BCUT2D eigenvalue weighted by Gasteiger charge is 2.07. The van der Waals surface area contributed by atoms with E-state index >= 15 is 0 Å². The zero-order chi connectivity index (χ0) is 10.6. The number of hydrogen-bond acceptors (Lipinski definition) is 3. The smallest absolute Gasteiger partial charge is 0.160 e. The third-order valence-electron chi connectivity index (χ3n) is 2.00. The van der Waals surface area contributed by atoms with Gasteiger partial charge in [-0.1, -0.05) is 11.6 Å². The lowest BCUT2D eigenvalue weighted by Crippen LogP contribution is -2.01. The van der Waals surface area contributed by atoms with Crippen LogP contribution in [0.5, 0.6) is 11.5 Å². The van der Waals surface area contributed by atoms with E-state index in [0.29, 0.717) is 17.3 Å². The van der Waals surface area contributed by atoms with E-state index in [-0.39, 0.29) is 5.75 Å². The Bertz CT molecular complexity index is 315. The molecule has 3 nitrogen and oxygen atoms in total. The number of ether oxygens (including phenoxy) is 1. The van der Waals surface area contributed by atoms with E-state index in [1.54, 1.807) is 6.07 Å². The van der Waals surface area contributed by atoms with Crippen LogP contribution in [0.3, 0.4) is 0 Å². The minimum absolute atomic E-state index is 0.0639. The van der Waals surface area contributed by atoms with E-state index in [0.717, 1.165) is 18.4 Å². The van der Waals surface area contributed by atoms with Crippen LogP contribution in [-0.4, -0.2) is 18.8 Å². The summed E-state index contributed by atoms with van der Waals surface area (Å²) in [4.78, 5) is 0. The van der Waals surface area contributed by atoms with Crippen molar-refractivity contribution < 1.29 is 9.84 Å². The molecule has 78 valence electrons. The maximum Gasteiger partial charge on any atom is 0.160 e. The van der Waals surface area contributed by atoms with Gasteiger partial charge in [0.25, 0.3) is 0 Å². The summed E-state index contributed by atoms with van der Waals surface area (Å²) in [6, 6.07) is 3.24. The first-order chi connectivity index (χ1) is 6.69. The molecular weight excluding hydrogens is 202 g/mol. The standard InChI is InChI=1S/C10H14ClNO2/c1-14-10-5-7(3-2-4-12)8(11)6-9(10)13/h5-6,13H,2-4,12H2,1H3. The number of phenols is 1. The first-order valence-electron chi connectivity index (χ1n) is 4.44. The van der Waals surface area contributed by atoms with Gasteiger partial charge in [0, 0.05) is 11.1 Å². The maximum atomic E-state index is 9.41. The van der Waals surface area contributed by atoms with Gasteiger partial charge in [-0.05, 0) is 31.0 Å². The Balaban J connectivity index is 2.92. The molecule has 0 aromatic heterocycles. The van der Waals surface area contributed by atoms with E-state index in [4.69, 9.17) is 22.1 Å². The first-order valence-corrected chi connectivity index (χ1v) is 4.82. The molecule has 0 atom stereocenters. The number of methoxy groups -OCH3 is 1. The fraction of sp³-hybridized carbons (Fsp3) is 0.400. The van der Waals surface area contributed by atoms with E-state index in [2.05, 4.69) is 0 Å². The summed E-state index contributed by atoms with van der Waals surface area (Å²) in [6.45, 7) is 0.625. The average molecular weight is 216 g/mol. The van der Waals surface area contributed by atoms with Gasteiger partial charge in [-0.2, -0.15) is 0 Å². The van der Waals surface area contributed by atoms with Crippen molar-refractivity contribution >= 4 is 11.6 Å². The largest absolute Gasteiger partial charge is 0.504 e. The fourth-order valence-corrected chi connectivity index (χ4v) is 1.48. The number of aromatic hydroxyl groups is 1. The molecule has 14 heavy (non-hydrogen) atoms. The number of benzene rings is 1. The van der Waals surface area contributed by atoms with Gasteiger partial charge in [-0.25, -0.2) is 0 Å². The summed E-state index contributed by atoms with van der Waals surface area (Å²) in [5.74, 6) is 0.510. The summed E-state index contributed by atoms with van der Waals surface area (Å²) >= 11 is 5.94. The zero-order valence-corrected chi connectivity index (χ0v) is 8.84. The lowest BCUT2D eigenvalue weighted by Gasteiger charge is -2.08. The van der Waals surface area contributed by atoms with Gasteiger partial charge in [-0.15, -0.1) is 0 Å². The van der Waals surface area contributed by atoms with Crippen molar-refractivity contribution in [1.82, 2.24) is 0 Å². The number of hydrogen-bond donors (Lipinski definition) is 2. The Morgan fingerprint density at radius 3 is 2.79 bits per heavy atom. The van der Waals surface area contributed by atoms with Crippen LogP contribution in [0.2, 0.25) is 5.02 Å². The summed E-state index contributed by atoms with van der Waals surface area (Å²) in [7, 11) is 1.51. The molecule has 0 radical (unpaired) electrons. The number of rotatable bonds is 4. The lowest BCUT2D eigenvalue weighted by atomic mass is 10.1. The molecular formula is C10H14ClNO2. The second-order valence-electron chi connectivity index (χ2n) is 3.01. The van der Waals surface area contributed by atoms with E-state index < -0.39 is 0 Å². The lowest BCUT2D eigenvalue weighted by molar-refractivity contribution is 0.373. The molecule has 1 rings (SSSR count). The second-order valence-corrected chi connectivity index (χ2v) is 3.41. The number of phenolic OH excluding ortho intramolecular Hbond substituents is 1. The highest BCUT2D eigenvalue weighted by atomic mass is 35.5. The molecule has 0 amide bonds. The highest BCUT2D eigenvalue weighted by molar-refractivity contribution is 6.31. The van der Waals surface area contributed by atoms with E-state index in [1.165, 1.54) is 13.2 Å². The molecule has 0 bridgehead atoms. The van der Waals surface area contributed by atoms with Crippen LogP contribution in [0.25, 0.3) is 0 Å². The zero-order valence-electron chi connectivity index (χ0n) is 8.09. The molecule has 0 aliphatic carbocycles. The predicted molar refractivity (Wildman–Crippen MR) is 57.0 cm³/mol. The maximum absolute atomic E-state index is 9.41.